The molecule has 4 rings (SSSR count). The molecule has 0 radical (unpaired) electrons. The zero-order valence-electron chi connectivity index (χ0n) is 15.0. The van der Waals surface area contributed by atoms with Crippen LogP contribution in [0, 0.1) is 0 Å². The van der Waals surface area contributed by atoms with Crippen LogP contribution >= 0.6 is 0 Å². The Balaban J connectivity index is 1.86. The van der Waals surface area contributed by atoms with Gasteiger partial charge < -0.3 is 15.8 Å². The van der Waals surface area contributed by atoms with Crippen molar-refractivity contribution < 1.29 is 9.53 Å². The molecule has 1 unspecified atom stereocenters. The van der Waals surface area contributed by atoms with Crippen LogP contribution in [0.25, 0.3) is 11.4 Å². The number of primary amides is 1. The molecule has 27 heavy (non-hydrogen) atoms. The summed E-state index contributed by atoms with van der Waals surface area (Å²) in [5, 5.41) is 7.81. The number of anilines is 1. The molecule has 0 bridgehead atoms. The summed E-state index contributed by atoms with van der Waals surface area (Å²) in [4.78, 5) is 16.8. The lowest BCUT2D eigenvalue weighted by Gasteiger charge is -2.27. The predicted octanol–water partition coefficient (Wildman–Crippen LogP) is 2.73. The first-order valence-electron chi connectivity index (χ1n) is 8.52. The molecule has 1 aromatic heterocycles. The number of fused-ring (bicyclic) bond motifs is 1. The number of carbonyl (C=O) groups excluding carboxylic acids is 1. The molecule has 0 saturated carbocycles. The third-order valence-corrected chi connectivity index (χ3v) is 4.58. The third kappa shape index (κ3) is 2.93. The van der Waals surface area contributed by atoms with E-state index in [1.165, 1.54) is 0 Å². The van der Waals surface area contributed by atoms with E-state index in [2.05, 4.69) is 15.4 Å². The van der Waals surface area contributed by atoms with Crippen LogP contribution in [0.4, 0.5) is 5.95 Å². The van der Waals surface area contributed by atoms with Crippen LogP contribution in [-0.2, 0) is 4.79 Å². The number of carbonyl (C=O) groups is 1. The summed E-state index contributed by atoms with van der Waals surface area (Å²) in [6.45, 7) is 1.82. The van der Waals surface area contributed by atoms with Crippen molar-refractivity contribution in [3.8, 4) is 17.1 Å². The highest BCUT2D eigenvalue weighted by atomic mass is 16.5. The Morgan fingerprint density at radius 2 is 1.85 bits per heavy atom. The molecular formula is C20H19N5O2. The predicted molar refractivity (Wildman–Crippen MR) is 102 cm³/mol. The first-order valence-corrected chi connectivity index (χ1v) is 8.52. The van der Waals surface area contributed by atoms with Crippen LogP contribution in [0.3, 0.4) is 0 Å². The van der Waals surface area contributed by atoms with Crippen molar-refractivity contribution in [1.82, 2.24) is 14.8 Å². The number of nitrogens with two attached hydrogens (primary N) is 1. The van der Waals surface area contributed by atoms with Gasteiger partial charge in [-0.15, -0.1) is 5.10 Å². The number of hydrogen-bond acceptors (Lipinski definition) is 5. The number of nitrogens with zero attached hydrogens (tertiary/aromatic N) is 3. The van der Waals surface area contributed by atoms with Gasteiger partial charge in [-0.2, -0.15) is 4.98 Å². The van der Waals surface area contributed by atoms with Crippen molar-refractivity contribution in [2.24, 2.45) is 5.73 Å². The number of allylic oxidation sites excluding steroid dienone is 1. The molecule has 3 N–H and O–H groups in total. The molecule has 2 heterocycles. The fourth-order valence-corrected chi connectivity index (χ4v) is 3.27. The summed E-state index contributed by atoms with van der Waals surface area (Å²) in [6, 6.07) is 16.7. The largest absolute Gasteiger partial charge is 0.497 e. The van der Waals surface area contributed by atoms with Crippen LogP contribution in [-0.4, -0.2) is 27.8 Å². The van der Waals surface area contributed by atoms with Gasteiger partial charge in [0.05, 0.1) is 12.7 Å². The van der Waals surface area contributed by atoms with E-state index in [1.54, 1.807) is 11.8 Å². The molecule has 0 saturated heterocycles. The van der Waals surface area contributed by atoms with E-state index in [-0.39, 0.29) is 0 Å². The van der Waals surface area contributed by atoms with Crippen molar-refractivity contribution >= 4 is 11.9 Å². The van der Waals surface area contributed by atoms with E-state index in [0.717, 1.165) is 16.9 Å². The molecule has 3 aromatic rings. The first-order chi connectivity index (χ1) is 13.1. The molecular weight excluding hydrogens is 342 g/mol. The fourth-order valence-electron chi connectivity index (χ4n) is 3.27. The van der Waals surface area contributed by atoms with Crippen molar-refractivity contribution in [3.63, 3.8) is 0 Å². The summed E-state index contributed by atoms with van der Waals surface area (Å²) in [7, 11) is 1.61. The van der Waals surface area contributed by atoms with Crippen molar-refractivity contribution in [2.45, 2.75) is 13.0 Å². The van der Waals surface area contributed by atoms with Gasteiger partial charge in [0.15, 0.2) is 5.82 Å². The van der Waals surface area contributed by atoms with Gasteiger partial charge in [0, 0.05) is 11.3 Å². The van der Waals surface area contributed by atoms with E-state index in [1.807, 2.05) is 61.5 Å². The van der Waals surface area contributed by atoms with Gasteiger partial charge >= 0.3 is 0 Å². The van der Waals surface area contributed by atoms with Gasteiger partial charge in [-0.3, -0.25) is 4.79 Å². The van der Waals surface area contributed by atoms with Crippen molar-refractivity contribution in [2.75, 3.05) is 12.4 Å². The van der Waals surface area contributed by atoms with E-state index < -0.39 is 11.9 Å². The number of methoxy groups -OCH3 is 1. The molecule has 7 nitrogen and oxygen atoms in total. The van der Waals surface area contributed by atoms with Crippen molar-refractivity contribution in [1.29, 1.82) is 0 Å². The Bertz CT molecular complexity index is 1020. The SMILES string of the molecule is COc1ccc(C2C(C(N)=O)=C(C)Nc3nc(-c4ccccc4)nn32)cc1. The Hall–Kier alpha value is -3.61. The maximum absolute atomic E-state index is 12.2. The second kappa shape index (κ2) is 6.60. The summed E-state index contributed by atoms with van der Waals surface area (Å²) in [6.07, 6.45) is 0. The van der Waals surface area contributed by atoms with Crippen molar-refractivity contribution in [3.05, 3.63) is 71.4 Å². The molecule has 1 aliphatic rings. The van der Waals surface area contributed by atoms with E-state index in [0.29, 0.717) is 23.0 Å². The van der Waals surface area contributed by atoms with Gasteiger partial charge in [-0.1, -0.05) is 42.5 Å². The number of hydrogen-bond donors (Lipinski definition) is 2. The van der Waals surface area contributed by atoms with E-state index in [9.17, 15) is 4.79 Å². The number of ether oxygens (including phenoxy) is 1. The minimum atomic E-state index is -0.497. The van der Waals surface area contributed by atoms with Crippen LogP contribution in [0.2, 0.25) is 0 Å². The number of rotatable bonds is 4. The standard InChI is InChI=1S/C20H19N5O2/c1-12-16(18(21)26)17(13-8-10-15(27-2)11-9-13)25-20(22-12)23-19(24-25)14-6-4-3-5-7-14/h3-11,17H,1-2H3,(H2,21,26)(H,22,23,24). The second-order valence-corrected chi connectivity index (χ2v) is 6.27. The second-order valence-electron chi connectivity index (χ2n) is 6.27. The van der Waals surface area contributed by atoms with Crippen LogP contribution in [0.15, 0.2) is 65.9 Å². The first kappa shape index (κ1) is 16.8. The molecule has 136 valence electrons. The van der Waals surface area contributed by atoms with Gasteiger partial charge in [0.1, 0.15) is 11.8 Å². The lowest BCUT2D eigenvalue weighted by Crippen LogP contribution is -2.31. The van der Waals surface area contributed by atoms with E-state index in [4.69, 9.17) is 10.5 Å². The average Bonchev–Trinajstić information content (AvgIpc) is 3.11. The molecule has 0 fully saturated rings. The van der Waals surface area contributed by atoms with E-state index >= 15 is 0 Å². The number of amides is 1. The fraction of sp³-hybridized carbons (Fsp3) is 0.150. The summed E-state index contributed by atoms with van der Waals surface area (Å²) < 4.78 is 6.94. The number of nitrogens with one attached hydrogen (secondary N) is 1. The van der Waals surface area contributed by atoms with Gasteiger partial charge in [0.2, 0.25) is 11.9 Å². The molecule has 1 amide bonds. The molecule has 2 aromatic carbocycles. The van der Waals surface area contributed by atoms with Gasteiger partial charge in [-0.05, 0) is 24.6 Å². The Labute approximate surface area is 156 Å². The smallest absolute Gasteiger partial charge is 0.248 e. The average molecular weight is 361 g/mol. The molecule has 1 atom stereocenters. The minimum Gasteiger partial charge on any atom is -0.497 e. The lowest BCUT2D eigenvalue weighted by molar-refractivity contribution is -0.115. The highest BCUT2D eigenvalue weighted by molar-refractivity contribution is 5.95. The number of aromatic nitrogens is 3. The third-order valence-electron chi connectivity index (χ3n) is 4.58. The summed E-state index contributed by atoms with van der Waals surface area (Å²) in [5.74, 6) is 1.38. The Morgan fingerprint density at radius 3 is 2.48 bits per heavy atom. The monoisotopic (exact) mass is 361 g/mol. The highest BCUT2D eigenvalue weighted by Gasteiger charge is 2.33. The Kier molecular flexibility index (Phi) is 4.12. The van der Waals surface area contributed by atoms with Gasteiger partial charge in [0.25, 0.3) is 0 Å². The van der Waals surface area contributed by atoms with Crippen LogP contribution < -0.4 is 15.8 Å². The topological polar surface area (TPSA) is 95.1 Å². The normalized spacial score (nSPS) is 15.9. The molecule has 0 spiro atoms. The molecule has 7 heteroatoms. The maximum atomic E-state index is 12.2. The summed E-state index contributed by atoms with van der Waals surface area (Å²) >= 11 is 0. The van der Waals surface area contributed by atoms with Crippen LogP contribution in [0.1, 0.15) is 18.5 Å². The summed E-state index contributed by atoms with van der Waals surface area (Å²) in [5.41, 5.74) is 8.59. The van der Waals surface area contributed by atoms with Gasteiger partial charge in [-0.25, -0.2) is 4.68 Å². The minimum absolute atomic E-state index is 0.456. The molecule has 0 aliphatic carbocycles. The number of benzene rings is 2. The van der Waals surface area contributed by atoms with Crippen LogP contribution in [0.5, 0.6) is 5.75 Å². The lowest BCUT2D eigenvalue weighted by atomic mass is 9.95. The maximum Gasteiger partial charge on any atom is 0.248 e. The zero-order valence-corrected chi connectivity index (χ0v) is 15.0. The molecule has 1 aliphatic heterocycles. The highest BCUT2D eigenvalue weighted by Crippen LogP contribution is 2.36. The zero-order chi connectivity index (χ0) is 19.0. The quantitative estimate of drug-likeness (QED) is 0.745. The Morgan fingerprint density at radius 1 is 1.15 bits per heavy atom.